The van der Waals surface area contributed by atoms with E-state index in [0.717, 1.165) is 38.3 Å². The summed E-state index contributed by atoms with van der Waals surface area (Å²) in [5.41, 5.74) is 2.12. The van der Waals surface area contributed by atoms with E-state index in [9.17, 15) is 4.79 Å². The quantitative estimate of drug-likeness (QED) is 0.561. The lowest BCUT2D eigenvalue weighted by atomic mass is 10.1. The van der Waals surface area contributed by atoms with Crippen molar-refractivity contribution in [3.05, 3.63) is 35.7 Å². The van der Waals surface area contributed by atoms with E-state index in [0.29, 0.717) is 24.8 Å². The lowest BCUT2D eigenvalue weighted by Gasteiger charge is -2.36. The first-order valence-corrected chi connectivity index (χ1v) is 8.59. The molecule has 0 radical (unpaired) electrons. The topological polar surface area (TPSA) is 71.7 Å². The van der Waals surface area contributed by atoms with Crippen LogP contribution in [0.5, 0.6) is 0 Å². The number of benzene rings is 1. The molecular formula is C18H24N4O3. The second-order valence-corrected chi connectivity index (χ2v) is 6.35. The van der Waals surface area contributed by atoms with E-state index in [4.69, 9.17) is 9.26 Å². The van der Waals surface area contributed by atoms with Gasteiger partial charge < -0.3 is 9.26 Å². The highest BCUT2D eigenvalue weighted by Gasteiger charge is 2.25. The van der Waals surface area contributed by atoms with Gasteiger partial charge in [0.25, 0.3) is 12.4 Å². The van der Waals surface area contributed by atoms with Crippen LogP contribution in [0.15, 0.2) is 28.8 Å². The number of nitrogens with zero attached hydrogens (tertiary/aromatic N) is 4. The van der Waals surface area contributed by atoms with E-state index < -0.39 is 0 Å². The van der Waals surface area contributed by atoms with Gasteiger partial charge in [0.05, 0.1) is 6.04 Å². The molecule has 1 aliphatic heterocycles. The molecule has 1 aromatic carbocycles. The smallest absolute Gasteiger partial charge is 0.293 e. The molecule has 7 heteroatoms. The maximum atomic E-state index is 10.2. The zero-order valence-electron chi connectivity index (χ0n) is 14.7. The number of hydrogen-bond acceptors (Lipinski definition) is 7. The highest BCUT2D eigenvalue weighted by molar-refractivity contribution is 5.53. The molecule has 1 atom stereocenters. The van der Waals surface area contributed by atoms with E-state index in [1.165, 1.54) is 5.56 Å². The van der Waals surface area contributed by atoms with Gasteiger partial charge in [-0.1, -0.05) is 22.9 Å². The standard InChI is InChI=1S/C18H24N4O3/c1-14-4-3-5-16(12-14)18-19-17(20-25-18)15(2)22-8-6-21(7-9-22)10-11-24-13-23/h3-5,12-13,15H,6-11H2,1-2H3/t15-/m0/s1. The number of aryl methyl sites for hydroxylation is 1. The summed E-state index contributed by atoms with van der Waals surface area (Å²) in [6, 6.07) is 8.17. The third-order valence-corrected chi connectivity index (χ3v) is 4.63. The summed E-state index contributed by atoms with van der Waals surface area (Å²) in [5, 5.41) is 4.18. The number of aromatic nitrogens is 2. The van der Waals surface area contributed by atoms with Crippen LogP contribution in [0.4, 0.5) is 0 Å². The van der Waals surface area contributed by atoms with Crippen LogP contribution in [0.25, 0.3) is 11.5 Å². The van der Waals surface area contributed by atoms with Crippen molar-refractivity contribution in [2.75, 3.05) is 39.3 Å². The Morgan fingerprint density at radius 3 is 2.84 bits per heavy atom. The summed E-state index contributed by atoms with van der Waals surface area (Å²) < 4.78 is 10.2. The van der Waals surface area contributed by atoms with Crippen LogP contribution in [0.2, 0.25) is 0 Å². The molecule has 25 heavy (non-hydrogen) atoms. The Kier molecular flexibility index (Phi) is 5.78. The van der Waals surface area contributed by atoms with Gasteiger partial charge in [0.15, 0.2) is 5.82 Å². The first-order valence-electron chi connectivity index (χ1n) is 8.59. The van der Waals surface area contributed by atoms with Gasteiger partial charge in [-0.2, -0.15) is 4.98 Å². The summed E-state index contributed by atoms with van der Waals surface area (Å²) in [6.45, 7) is 9.61. The first-order chi connectivity index (χ1) is 12.2. The number of piperazine rings is 1. The van der Waals surface area contributed by atoms with Crippen LogP contribution in [-0.4, -0.2) is 65.7 Å². The lowest BCUT2D eigenvalue weighted by Crippen LogP contribution is -2.48. The van der Waals surface area contributed by atoms with Gasteiger partial charge >= 0.3 is 0 Å². The minimum atomic E-state index is 0.107. The first kappa shape index (κ1) is 17.6. The zero-order chi connectivity index (χ0) is 17.6. The summed E-state index contributed by atoms with van der Waals surface area (Å²) in [7, 11) is 0. The number of ether oxygens (including phenoxy) is 1. The predicted octanol–water partition coefficient (Wildman–Crippen LogP) is 1.90. The molecule has 2 aromatic rings. The summed E-state index contributed by atoms with van der Waals surface area (Å²) in [6.07, 6.45) is 0. The molecule has 1 saturated heterocycles. The molecule has 0 aliphatic carbocycles. The Bertz CT molecular complexity index is 695. The van der Waals surface area contributed by atoms with Crippen LogP contribution in [0, 0.1) is 6.92 Å². The Morgan fingerprint density at radius 1 is 1.32 bits per heavy atom. The fourth-order valence-electron chi connectivity index (χ4n) is 3.07. The van der Waals surface area contributed by atoms with Crippen molar-refractivity contribution in [1.82, 2.24) is 19.9 Å². The van der Waals surface area contributed by atoms with Crippen LogP contribution in [0.3, 0.4) is 0 Å². The van der Waals surface area contributed by atoms with E-state index in [2.05, 4.69) is 26.9 Å². The van der Waals surface area contributed by atoms with Gasteiger partial charge in [-0.15, -0.1) is 0 Å². The monoisotopic (exact) mass is 344 g/mol. The molecule has 3 rings (SSSR count). The third kappa shape index (κ3) is 4.43. The average molecular weight is 344 g/mol. The van der Waals surface area contributed by atoms with Crippen LogP contribution in [-0.2, 0) is 9.53 Å². The number of hydrogen-bond donors (Lipinski definition) is 0. The van der Waals surface area contributed by atoms with E-state index in [-0.39, 0.29) is 6.04 Å². The molecular weight excluding hydrogens is 320 g/mol. The zero-order valence-corrected chi connectivity index (χ0v) is 14.7. The Balaban J connectivity index is 1.57. The highest BCUT2D eigenvalue weighted by Crippen LogP contribution is 2.23. The largest absolute Gasteiger partial charge is 0.467 e. The van der Waals surface area contributed by atoms with Crippen molar-refractivity contribution in [2.24, 2.45) is 0 Å². The molecule has 0 saturated carbocycles. The van der Waals surface area contributed by atoms with Gasteiger partial charge in [0, 0.05) is 38.3 Å². The fourth-order valence-corrected chi connectivity index (χ4v) is 3.07. The second kappa shape index (κ2) is 8.22. The summed E-state index contributed by atoms with van der Waals surface area (Å²) in [4.78, 5) is 19.4. The third-order valence-electron chi connectivity index (χ3n) is 4.63. The van der Waals surface area contributed by atoms with Gasteiger partial charge in [-0.05, 0) is 26.0 Å². The Labute approximate surface area is 147 Å². The van der Waals surface area contributed by atoms with Crippen molar-refractivity contribution in [3.63, 3.8) is 0 Å². The number of rotatable bonds is 7. The van der Waals surface area contributed by atoms with Gasteiger partial charge in [-0.3, -0.25) is 14.6 Å². The molecule has 0 N–H and O–H groups in total. The molecule has 2 heterocycles. The number of carbonyl (C=O) groups excluding carboxylic acids is 1. The van der Waals surface area contributed by atoms with Crippen LogP contribution < -0.4 is 0 Å². The van der Waals surface area contributed by atoms with E-state index >= 15 is 0 Å². The van der Waals surface area contributed by atoms with Crippen LogP contribution >= 0.6 is 0 Å². The molecule has 1 fully saturated rings. The molecule has 1 aliphatic rings. The van der Waals surface area contributed by atoms with Crippen molar-refractivity contribution >= 4 is 6.47 Å². The highest BCUT2D eigenvalue weighted by atomic mass is 16.5. The molecule has 0 amide bonds. The van der Waals surface area contributed by atoms with Crippen molar-refractivity contribution in [2.45, 2.75) is 19.9 Å². The SMILES string of the molecule is Cc1cccc(-c2nc([C@H](C)N3CCN(CCOC=O)CC3)no2)c1. The summed E-state index contributed by atoms with van der Waals surface area (Å²) in [5.74, 6) is 1.28. The van der Waals surface area contributed by atoms with Gasteiger partial charge in [-0.25, -0.2) is 0 Å². The molecule has 0 bridgehead atoms. The van der Waals surface area contributed by atoms with Gasteiger partial charge in [0.2, 0.25) is 0 Å². The number of carbonyl (C=O) groups is 1. The maximum absolute atomic E-state index is 10.2. The predicted molar refractivity (Wildman–Crippen MR) is 92.9 cm³/mol. The molecule has 134 valence electrons. The minimum Gasteiger partial charge on any atom is -0.467 e. The second-order valence-electron chi connectivity index (χ2n) is 6.35. The average Bonchev–Trinajstić information content (AvgIpc) is 3.12. The molecule has 0 spiro atoms. The van der Waals surface area contributed by atoms with Crippen molar-refractivity contribution < 1.29 is 14.1 Å². The van der Waals surface area contributed by atoms with E-state index in [1.54, 1.807) is 0 Å². The van der Waals surface area contributed by atoms with Gasteiger partial charge in [0.1, 0.15) is 6.61 Å². The van der Waals surface area contributed by atoms with Crippen molar-refractivity contribution in [3.8, 4) is 11.5 Å². The maximum Gasteiger partial charge on any atom is 0.293 e. The lowest BCUT2D eigenvalue weighted by molar-refractivity contribution is -0.129. The Hall–Kier alpha value is -2.25. The Morgan fingerprint density at radius 2 is 2.12 bits per heavy atom. The summed E-state index contributed by atoms with van der Waals surface area (Å²) >= 11 is 0. The molecule has 0 unspecified atom stereocenters. The normalized spacial score (nSPS) is 17.4. The molecule has 7 nitrogen and oxygen atoms in total. The minimum absolute atomic E-state index is 0.107. The fraction of sp³-hybridized carbons (Fsp3) is 0.500. The van der Waals surface area contributed by atoms with Crippen LogP contribution in [0.1, 0.15) is 24.4 Å². The van der Waals surface area contributed by atoms with Crippen molar-refractivity contribution in [1.29, 1.82) is 0 Å². The molecule has 1 aromatic heterocycles. The van der Waals surface area contributed by atoms with E-state index in [1.807, 2.05) is 31.2 Å².